The van der Waals surface area contributed by atoms with Crippen LogP contribution in [0.5, 0.6) is 0 Å². The molecule has 1 aliphatic heterocycles. The molecule has 0 spiro atoms. The van der Waals surface area contributed by atoms with Crippen molar-refractivity contribution in [2.24, 2.45) is 0 Å². The number of furan rings is 1. The van der Waals surface area contributed by atoms with Crippen molar-refractivity contribution in [3.63, 3.8) is 0 Å². The van der Waals surface area contributed by atoms with E-state index in [0.717, 1.165) is 23.2 Å². The van der Waals surface area contributed by atoms with E-state index in [-0.39, 0.29) is 17.6 Å². The molecule has 0 unspecified atom stereocenters. The number of hydrogen-bond donors (Lipinski definition) is 1. The van der Waals surface area contributed by atoms with Crippen LogP contribution < -0.4 is 10.2 Å². The van der Waals surface area contributed by atoms with E-state index < -0.39 is 0 Å². The molecule has 1 N–H and O–H groups in total. The fourth-order valence-corrected chi connectivity index (χ4v) is 3.44. The van der Waals surface area contributed by atoms with Crippen molar-refractivity contribution in [1.29, 1.82) is 0 Å². The fraction of sp³-hybridized carbons (Fsp3) is 0.150. The van der Waals surface area contributed by atoms with Gasteiger partial charge in [-0.05, 0) is 63.8 Å². The van der Waals surface area contributed by atoms with Crippen molar-refractivity contribution < 1.29 is 14.0 Å². The summed E-state index contributed by atoms with van der Waals surface area (Å²) in [5.74, 6) is -0.0338. The number of anilines is 1. The third kappa shape index (κ3) is 3.64. The van der Waals surface area contributed by atoms with Gasteiger partial charge in [-0.1, -0.05) is 12.1 Å². The van der Waals surface area contributed by atoms with E-state index >= 15 is 0 Å². The third-order valence-electron chi connectivity index (χ3n) is 4.46. The van der Waals surface area contributed by atoms with Crippen LogP contribution in [-0.2, 0) is 13.0 Å². The lowest BCUT2D eigenvalue weighted by atomic mass is 10.1. The van der Waals surface area contributed by atoms with Gasteiger partial charge < -0.3 is 14.6 Å². The van der Waals surface area contributed by atoms with Gasteiger partial charge in [0.2, 0.25) is 0 Å². The maximum atomic E-state index is 12.7. The van der Waals surface area contributed by atoms with Crippen LogP contribution in [0, 0.1) is 0 Å². The minimum Gasteiger partial charge on any atom is -0.444 e. The molecule has 7 heteroatoms. The molecule has 0 fully saturated rings. The van der Waals surface area contributed by atoms with Gasteiger partial charge in [-0.25, -0.2) is 0 Å². The topological polar surface area (TPSA) is 75.4 Å². The number of amides is 2. The molecule has 2 aromatic heterocycles. The van der Waals surface area contributed by atoms with Gasteiger partial charge in [0.1, 0.15) is 0 Å². The highest BCUT2D eigenvalue weighted by molar-refractivity contribution is 9.10. The molecule has 0 saturated carbocycles. The molecule has 1 aliphatic rings. The second-order valence-corrected chi connectivity index (χ2v) is 6.97. The van der Waals surface area contributed by atoms with Gasteiger partial charge in [-0.15, -0.1) is 0 Å². The standard InChI is InChI=1S/C20H16BrN3O3/c21-18-4-3-17(27-18)19(25)23-12-13-1-2-16-15(11-13)7-10-24(16)20(26)14-5-8-22-9-6-14/h1-6,8-9,11H,7,10,12H2,(H,23,25). The average molecular weight is 426 g/mol. The van der Waals surface area contributed by atoms with Gasteiger partial charge in [0.05, 0.1) is 0 Å². The number of carbonyl (C=O) groups is 2. The number of aromatic nitrogens is 1. The van der Waals surface area contributed by atoms with Crippen molar-refractivity contribution in [3.8, 4) is 0 Å². The Morgan fingerprint density at radius 2 is 1.96 bits per heavy atom. The maximum absolute atomic E-state index is 12.7. The molecule has 3 heterocycles. The van der Waals surface area contributed by atoms with Crippen molar-refractivity contribution in [3.05, 3.63) is 82.0 Å². The zero-order valence-corrected chi connectivity index (χ0v) is 15.9. The molecule has 2 amide bonds. The van der Waals surface area contributed by atoms with Crippen molar-refractivity contribution in [2.75, 3.05) is 11.4 Å². The van der Waals surface area contributed by atoms with Gasteiger partial charge in [0.15, 0.2) is 10.4 Å². The van der Waals surface area contributed by atoms with E-state index in [1.807, 2.05) is 18.2 Å². The molecular formula is C20H16BrN3O3. The summed E-state index contributed by atoms with van der Waals surface area (Å²) >= 11 is 3.18. The Balaban J connectivity index is 1.45. The number of rotatable bonds is 4. The minimum absolute atomic E-state index is 0.0272. The largest absolute Gasteiger partial charge is 0.444 e. The zero-order valence-electron chi connectivity index (χ0n) is 14.3. The van der Waals surface area contributed by atoms with Crippen LogP contribution in [-0.4, -0.2) is 23.3 Å². The lowest BCUT2D eigenvalue weighted by Gasteiger charge is -2.17. The Morgan fingerprint density at radius 3 is 2.70 bits per heavy atom. The Hall–Kier alpha value is -2.93. The highest BCUT2D eigenvalue weighted by Crippen LogP contribution is 2.30. The van der Waals surface area contributed by atoms with Crippen LogP contribution in [0.1, 0.15) is 32.0 Å². The first-order valence-corrected chi connectivity index (χ1v) is 9.28. The average Bonchev–Trinajstić information content (AvgIpc) is 3.32. The summed E-state index contributed by atoms with van der Waals surface area (Å²) < 4.78 is 5.76. The first-order chi connectivity index (χ1) is 13.1. The summed E-state index contributed by atoms with van der Waals surface area (Å²) in [5.41, 5.74) is 3.62. The van der Waals surface area contributed by atoms with Crippen LogP contribution in [0.2, 0.25) is 0 Å². The van der Waals surface area contributed by atoms with E-state index in [2.05, 4.69) is 26.2 Å². The molecule has 0 atom stereocenters. The lowest BCUT2D eigenvalue weighted by molar-refractivity contribution is 0.0921. The Bertz CT molecular complexity index is 1000. The van der Waals surface area contributed by atoms with Gasteiger partial charge in [-0.2, -0.15) is 0 Å². The normalized spacial score (nSPS) is 12.7. The predicted molar refractivity (Wildman–Crippen MR) is 104 cm³/mol. The Labute approximate surface area is 164 Å². The molecule has 3 aromatic rings. The summed E-state index contributed by atoms with van der Waals surface area (Å²) in [5, 5.41) is 2.84. The smallest absolute Gasteiger partial charge is 0.287 e. The second kappa shape index (κ2) is 7.36. The van der Waals surface area contributed by atoms with Gasteiger partial charge >= 0.3 is 0 Å². The van der Waals surface area contributed by atoms with Crippen LogP contribution in [0.4, 0.5) is 5.69 Å². The predicted octanol–water partition coefficient (Wildman–Crippen LogP) is 3.57. The van der Waals surface area contributed by atoms with E-state index in [4.69, 9.17) is 4.42 Å². The summed E-state index contributed by atoms with van der Waals surface area (Å²) in [6.07, 6.45) is 4.03. The van der Waals surface area contributed by atoms with Crippen molar-refractivity contribution >= 4 is 33.4 Å². The number of carbonyl (C=O) groups excluding carboxylic acids is 2. The first-order valence-electron chi connectivity index (χ1n) is 8.49. The molecule has 136 valence electrons. The van der Waals surface area contributed by atoms with Crippen molar-refractivity contribution in [2.45, 2.75) is 13.0 Å². The number of nitrogens with one attached hydrogen (secondary N) is 1. The number of nitrogens with zero attached hydrogens (tertiary/aromatic N) is 2. The third-order valence-corrected chi connectivity index (χ3v) is 4.89. The second-order valence-electron chi connectivity index (χ2n) is 6.19. The fourth-order valence-electron chi connectivity index (χ4n) is 3.13. The van der Waals surface area contributed by atoms with Crippen LogP contribution >= 0.6 is 15.9 Å². The number of halogens is 1. The van der Waals surface area contributed by atoms with E-state index in [9.17, 15) is 9.59 Å². The first kappa shape index (κ1) is 17.5. The molecule has 0 radical (unpaired) electrons. The van der Waals surface area contributed by atoms with Crippen molar-refractivity contribution in [1.82, 2.24) is 10.3 Å². The quantitative estimate of drug-likeness (QED) is 0.692. The monoisotopic (exact) mass is 425 g/mol. The van der Waals surface area contributed by atoms with Crippen LogP contribution in [0.15, 0.2) is 63.9 Å². The molecule has 6 nitrogen and oxygen atoms in total. The minimum atomic E-state index is -0.268. The van der Waals surface area contributed by atoms with Crippen LogP contribution in [0.3, 0.4) is 0 Å². The van der Waals surface area contributed by atoms with E-state index in [0.29, 0.717) is 23.3 Å². The highest BCUT2D eigenvalue weighted by atomic mass is 79.9. The summed E-state index contributed by atoms with van der Waals surface area (Å²) in [6.45, 7) is 1.04. The highest BCUT2D eigenvalue weighted by Gasteiger charge is 2.25. The maximum Gasteiger partial charge on any atom is 0.287 e. The molecular weight excluding hydrogens is 410 g/mol. The summed E-state index contributed by atoms with van der Waals surface area (Å²) in [4.78, 5) is 30.5. The summed E-state index contributed by atoms with van der Waals surface area (Å²) in [7, 11) is 0. The van der Waals surface area contributed by atoms with Gasteiger partial charge in [-0.3, -0.25) is 14.6 Å². The molecule has 4 rings (SSSR count). The van der Waals surface area contributed by atoms with Gasteiger partial charge in [0.25, 0.3) is 11.8 Å². The molecule has 1 aromatic carbocycles. The summed E-state index contributed by atoms with van der Waals surface area (Å²) in [6, 6.07) is 12.6. The zero-order chi connectivity index (χ0) is 18.8. The molecule has 0 saturated heterocycles. The lowest BCUT2D eigenvalue weighted by Crippen LogP contribution is -2.28. The number of pyridine rings is 1. The number of hydrogen-bond acceptors (Lipinski definition) is 4. The number of benzene rings is 1. The Morgan fingerprint density at radius 1 is 1.15 bits per heavy atom. The van der Waals surface area contributed by atoms with E-state index in [1.165, 1.54) is 0 Å². The number of fused-ring (bicyclic) bond motifs is 1. The Kier molecular flexibility index (Phi) is 4.77. The van der Waals surface area contributed by atoms with Gasteiger partial charge in [0, 0.05) is 36.7 Å². The van der Waals surface area contributed by atoms with Crippen LogP contribution in [0.25, 0.3) is 0 Å². The van der Waals surface area contributed by atoms with E-state index in [1.54, 1.807) is 41.6 Å². The molecule has 0 aliphatic carbocycles. The molecule has 27 heavy (non-hydrogen) atoms. The SMILES string of the molecule is O=C(NCc1ccc2c(c1)CCN2C(=O)c1ccncc1)c1ccc(Br)o1. The molecule has 0 bridgehead atoms.